The van der Waals surface area contributed by atoms with Gasteiger partial charge in [0.25, 0.3) is 0 Å². The highest BCUT2D eigenvalue weighted by atomic mass is 15.3. The molecule has 0 aromatic heterocycles. The van der Waals surface area contributed by atoms with Crippen molar-refractivity contribution >= 4 is 0 Å². The summed E-state index contributed by atoms with van der Waals surface area (Å²) in [4.78, 5) is 0. The lowest BCUT2D eigenvalue weighted by Gasteiger charge is -2.18. The van der Waals surface area contributed by atoms with E-state index in [9.17, 15) is 0 Å². The molecule has 0 aromatic rings. The second kappa shape index (κ2) is 6.87. The van der Waals surface area contributed by atoms with E-state index >= 15 is 0 Å². The molecule has 0 heterocycles. The molecular formula is C14H24N2. The zero-order valence-electron chi connectivity index (χ0n) is 10.2. The molecule has 0 saturated heterocycles. The third-order valence-electron chi connectivity index (χ3n) is 3.54. The fraction of sp³-hybridized carbons (Fsp3) is 0.714. The van der Waals surface area contributed by atoms with Crippen LogP contribution in [0.25, 0.3) is 0 Å². The van der Waals surface area contributed by atoms with E-state index in [0.717, 1.165) is 19.0 Å². The summed E-state index contributed by atoms with van der Waals surface area (Å²) >= 11 is 0. The molecular weight excluding hydrogens is 196 g/mol. The molecule has 0 radical (unpaired) electrons. The van der Waals surface area contributed by atoms with E-state index < -0.39 is 0 Å². The molecule has 0 bridgehead atoms. The molecule has 1 unspecified atom stereocenters. The van der Waals surface area contributed by atoms with Gasteiger partial charge in [-0.25, -0.2) is 0 Å². The Balaban J connectivity index is 1.55. The lowest BCUT2D eigenvalue weighted by atomic mass is 9.96. The van der Waals surface area contributed by atoms with Crippen LogP contribution >= 0.6 is 0 Å². The van der Waals surface area contributed by atoms with E-state index in [0.29, 0.717) is 0 Å². The first-order chi connectivity index (χ1) is 7.95. The minimum atomic E-state index is 0.738. The van der Waals surface area contributed by atoms with Crippen molar-refractivity contribution in [3.63, 3.8) is 0 Å². The van der Waals surface area contributed by atoms with Crippen LogP contribution in [0.15, 0.2) is 23.8 Å². The van der Waals surface area contributed by atoms with Gasteiger partial charge in [-0.05, 0) is 50.9 Å². The Kier molecular flexibility index (Phi) is 5.10. The predicted molar refractivity (Wildman–Crippen MR) is 69.0 cm³/mol. The zero-order valence-corrected chi connectivity index (χ0v) is 10.2. The number of hydrogen-bond donors (Lipinski definition) is 2. The van der Waals surface area contributed by atoms with Gasteiger partial charge in [-0.3, -0.25) is 10.9 Å². The monoisotopic (exact) mass is 220 g/mol. The first kappa shape index (κ1) is 11.9. The summed E-state index contributed by atoms with van der Waals surface area (Å²) < 4.78 is 0. The summed E-state index contributed by atoms with van der Waals surface area (Å²) in [6.45, 7) is 2.10. The van der Waals surface area contributed by atoms with Crippen molar-refractivity contribution in [1.82, 2.24) is 10.9 Å². The summed E-state index contributed by atoms with van der Waals surface area (Å²) in [7, 11) is 0. The van der Waals surface area contributed by atoms with Gasteiger partial charge in [-0.15, -0.1) is 0 Å². The highest BCUT2D eigenvalue weighted by molar-refractivity contribution is 5.06. The molecule has 0 spiro atoms. The van der Waals surface area contributed by atoms with Crippen molar-refractivity contribution in [1.29, 1.82) is 0 Å². The average molecular weight is 220 g/mol. The smallest absolute Gasteiger partial charge is 0.0310 e. The third-order valence-corrected chi connectivity index (χ3v) is 3.54. The molecule has 2 N–H and O–H groups in total. The molecule has 1 atom stereocenters. The van der Waals surface area contributed by atoms with Crippen LogP contribution in [0.5, 0.6) is 0 Å². The molecule has 0 saturated carbocycles. The van der Waals surface area contributed by atoms with Crippen molar-refractivity contribution in [2.75, 3.05) is 13.1 Å². The Labute approximate surface area is 99.2 Å². The van der Waals surface area contributed by atoms with Gasteiger partial charge >= 0.3 is 0 Å². The highest BCUT2D eigenvalue weighted by Crippen LogP contribution is 2.17. The van der Waals surface area contributed by atoms with Gasteiger partial charge in [0, 0.05) is 13.1 Å². The quantitative estimate of drug-likeness (QED) is 0.423. The second-order valence-electron chi connectivity index (χ2n) is 4.96. The molecule has 90 valence electrons. The Morgan fingerprint density at radius 1 is 1.12 bits per heavy atom. The van der Waals surface area contributed by atoms with Crippen molar-refractivity contribution < 1.29 is 0 Å². The lowest BCUT2D eigenvalue weighted by molar-refractivity contribution is 0.448. The van der Waals surface area contributed by atoms with Crippen molar-refractivity contribution in [3.8, 4) is 0 Å². The third kappa shape index (κ3) is 4.11. The van der Waals surface area contributed by atoms with E-state index in [1.807, 2.05) is 0 Å². The van der Waals surface area contributed by atoms with E-state index in [2.05, 4.69) is 29.1 Å². The molecule has 16 heavy (non-hydrogen) atoms. The summed E-state index contributed by atoms with van der Waals surface area (Å²) in [5.74, 6) is 0.738. The summed E-state index contributed by atoms with van der Waals surface area (Å²) in [5.41, 5.74) is 8.29. The van der Waals surface area contributed by atoms with Crippen LogP contribution in [0.3, 0.4) is 0 Å². The molecule has 2 aliphatic carbocycles. The normalized spacial score (nSPS) is 25.5. The Hall–Kier alpha value is -0.600. The largest absolute Gasteiger partial charge is 0.257 e. The van der Waals surface area contributed by atoms with Crippen LogP contribution in [-0.2, 0) is 0 Å². The Morgan fingerprint density at radius 3 is 2.88 bits per heavy atom. The zero-order chi connectivity index (χ0) is 11.1. The number of rotatable bonds is 5. The second-order valence-corrected chi connectivity index (χ2v) is 4.96. The van der Waals surface area contributed by atoms with E-state index in [-0.39, 0.29) is 0 Å². The maximum Gasteiger partial charge on any atom is 0.0310 e. The SMILES string of the molecule is C1=CC(CNNCC2=CCCCC2)CCC1. The molecule has 2 heteroatoms. The van der Waals surface area contributed by atoms with Gasteiger partial charge in [0.2, 0.25) is 0 Å². The predicted octanol–water partition coefficient (Wildman–Crippen LogP) is 2.94. The van der Waals surface area contributed by atoms with Gasteiger partial charge in [0.15, 0.2) is 0 Å². The summed E-state index contributed by atoms with van der Waals surface area (Å²) in [6, 6.07) is 0. The van der Waals surface area contributed by atoms with E-state index in [4.69, 9.17) is 0 Å². The van der Waals surface area contributed by atoms with Crippen LogP contribution in [0.4, 0.5) is 0 Å². The molecule has 2 nitrogen and oxygen atoms in total. The first-order valence-corrected chi connectivity index (χ1v) is 6.75. The molecule has 0 fully saturated rings. The van der Waals surface area contributed by atoms with Crippen molar-refractivity contribution in [3.05, 3.63) is 23.8 Å². The molecule has 2 aliphatic rings. The lowest BCUT2D eigenvalue weighted by Crippen LogP contribution is -2.37. The van der Waals surface area contributed by atoms with Crippen LogP contribution in [-0.4, -0.2) is 13.1 Å². The minimum Gasteiger partial charge on any atom is -0.257 e. The fourth-order valence-electron chi connectivity index (χ4n) is 2.50. The van der Waals surface area contributed by atoms with Gasteiger partial charge in [-0.2, -0.15) is 0 Å². The van der Waals surface area contributed by atoms with Crippen LogP contribution in [0.1, 0.15) is 44.9 Å². The first-order valence-electron chi connectivity index (χ1n) is 6.75. The van der Waals surface area contributed by atoms with Gasteiger partial charge in [-0.1, -0.05) is 23.8 Å². The fourth-order valence-corrected chi connectivity index (χ4v) is 2.50. The maximum atomic E-state index is 3.36. The van der Waals surface area contributed by atoms with Gasteiger partial charge in [0.1, 0.15) is 0 Å². The van der Waals surface area contributed by atoms with E-state index in [1.54, 1.807) is 5.57 Å². The molecule has 0 amide bonds. The van der Waals surface area contributed by atoms with Crippen LogP contribution in [0.2, 0.25) is 0 Å². The topological polar surface area (TPSA) is 24.1 Å². The Morgan fingerprint density at radius 2 is 2.12 bits per heavy atom. The summed E-state index contributed by atoms with van der Waals surface area (Å²) in [5, 5.41) is 0. The van der Waals surface area contributed by atoms with Crippen molar-refractivity contribution in [2.24, 2.45) is 5.92 Å². The number of hydrazine groups is 1. The summed E-state index contributed by atoms with van der Waals surface area (Å²) in [6.07, 6.45) is 16.4. The van der Waals surface area contributed by atoms with Crippen LogP contribution in [0, 0.1) is 5.92 Å². The van der Waals surface area contributed by atoms with Crippen molar-refractivity contribution in [2.45, 2.75) is 44.9 Å². The average Bonchev–Trinajstić information content (AvgIpc) is 2.37. The maximum absolute atomic E-state index is 3.36. The van der Waals surface area contributed by atoms with Crippen LogP contribution < -0.4 is 10.9 Å². The number of allylic oxidation sites excluding steroid dienone is 2. The molecule has 0 aliphatic heterocycles. The Bertz CT molecular complexity index is 255. The minimum absolute atomic E-state index is 0.738. The highest BCUT2D eigenvalue weighted by Gasteiger charge is 2.07. The van der Waals surface area contributed by atoms with E-state index in [1.165, 1.54) is 44.9 Å². The number of hydrogen-bond acceptors (Lipinski definition) is 2. The van der Waals surface area contributed by atoms with Gasteiger partial charge < -0.3 is 0 Å². The van der Waals surface area contributed by atoms with Gasteiger partial charge in [0.05, 0.1) is 0 Å². The molecule has 2 rings (SSSR count). The number of nitrogens with one attached hydrogen (secondary N) is 2. The molecule has 0 aromatic carbocycles. The standard InChI is InChI=1S/C14H24N2/c1-3-7-13(8-4-1)11-15-16-12-14-9-5-2-6-10-14/h3,7,9,13,15-16H,1-2,4-6,8,10-12H2.